The first-order valence-corrected chi connectivity index (χ1v) is 5.03. The van der Waals surface area contributed by atoms with Crippen LogP contribution in [0.15, 0.2) is 6.33 Å². The minimum atomic E-state index is -0.872. The summed E-state index contributed by atoms with van der Waals surface area (Å²) < 4.78 is 1.99. The highest BCUT2D eigenvalue weighted by atomic mass is 32.1. The van der Waals surface area contributed by atoms with Gasteiger partial charge < -0.3 is 24.7 Å². The van der Waals surface area contributed by atoms with Gasteiger partial charge in [0.05, 0.1) is 25.6 Å². The van der Waals surface area contributed by atoms with Crippen LogP contribution in [-0.2, 0) is 6.54 Å². The first-order valence-electron chi connectivity index (χ1n) is 4.62. The smallest absolute Gasteiger partial charge is 0.176 e. The van der Waals surface area contributed by atoms with Crippen molar-refractivity contribution < 1.29 is 10.2 Å². The van der Waals surface area contributed by atoms with Gasteiger partial charge in [0.1, 0.15) is 11.2 Å². The van der Waals surface area contributed by atoms with Crippen molar-refractivity contribution >= 4 is 23.4 Å². The monoisotopic (exact) mass is 241 g/mol. The van der Waals surface area contributed by atoms with Gasteiger partial charge >= 0.3 is 0 Å². The Kier molecular flexibility index (Phi) is 2.86. The molecule has 0 radical (unpaired) electrons. The van der Waals surface area contributed by atoms with Crippen molar-refractivity contribution in [1.82, 2.24) is 19.5 Å². The quantitative estimate of drug-likeness (QED) is 0.455. The van der Waals surface area contributed by atoms with Crippen LogP contribution in [0.25, 0.3) is 11.2 Å². The number of nitrogens with one attached hydrogen (secondary N) is 3. The lowest BCUT2D eigenvalue weighted by molar-refractivity contribution is 0.0817. The molecule has 16 heavy (non-hydrogen) atoms. The number of aliphatic hydroxyl groups is 2. The van der Waals surface area contributed by atoms with Gasteiger partial charge in [-0.2, -0.15) is 0 Å². The first-order chi connectivity index (χ1) is 7.61. The molecule has 5 N–H and O–H groups in total. The van der Waals surface area contributed by atoms with Gasteiger partial charge in [0.2, 0.25) is 0 Å². The van der Waals surface area contributed by atoms with Crippen LogP contribution in [0.1, 0.15) is 0 Å². The molecule has 8 heteroatoms. The van der Waals surface area contributed by atoms with Gasteiger partial charge in [-0.15, -0.1) is 0 Å². The number of aromatic amines is 2. The number of hydrogen-bond acceptors (Lipinski definition) is 5. The number of hydrogen-bond donors (Lipinski definition) is 5. The van der Waals surface area contributed by atoms with Gasteiger partial charge in [0.15, 0.2) is 10.3 Å². The normalized spacial score (nSPS) is 13.1. The topological polar surface area (TPSA) is 114 Å². The van der Waals surface area contributed by atoms with Crippen LogP contribution in [0.3, 0.4) is 0 Å². The summed E-state index contributed by atoms with van der Waals surface area (Å²) in [6, 6.07) is 0. The van der Waals surface area contributed by atoms with Crippen molar-refractivity contribution in [2.75, 3.05) is 6.61 Å². The Morgan fingerprint density at radius 3 is 3.00 bits per heavy atom. The van der Waals surface area contributed by atoms with E-state index in [0.717, 1.165) is 0 Å². The number of aromatic nitrogens is 4. The van der Waals surface area contributed by atoms with Crippen LogP contribution < -0.4 is 5.49 Å². The summed E-state index contributed by atoms with van der Waals surface area (Å²) in [7, 11) is 0. The van der Waals surface area contributed by atoms with Crippen LogP contribution >= 0.6 is 12.2 Å². The number of imidazole rings is 1. The molecule has 0 aliphatic rings. The van der Waals surface area contributed by atoms with Crippen molar-refractivity contribution in [2.45, 2.75) is 12.6 Å². The van der Waals surface area contributed by atoms with E-state index < -0.39 is 6.10 Å². The molecule has 0 bridgehead atoms. The Labute approximate surface area is 94.9 Å². The molecule has 2 rings (SSSR count). The van der Waals surface area contributed by atoms with Crippen molar-refractivity contribution in [1.29, 1.82) is 5.41 Å². The highest BCUT2D eigenvalue weighted by Gasteiger charge is 2.08. The summed E-state index contributed by atoms with van der Waals surface area (Å²) in [5.74, 6) is 0. The summed E-state index contributed by atoms with van der Waals surface area (Å²) in [6.45, 7) is -0.147. The molecule has 0 aromatic carbocycles. The van der Waals surface area contributed by atoms with Crippen molar-refractivity contribution in [3.8, 4) is 0 Å². The molecule has 0 unspecified atom stereocenters. The molecular weight excluding hydrogens is 230 g/mol. The first kappa shape index (κ1) is 11.0. The fourth-order valence-corrected chi connectivity index (χ4v) is 1.63. The van der Waals surface area contributed by atoms with E-state index in [1.165, 1.54) is 6.33 Å². The van der Waals surface area contributed by atoms with Crippen LogP contribution in [0.5, 0.6) is 0 Å². The SMILES string of the molecule is N=c1ncn(C[C@@H](O)CO)c2[nH]c(=S)[nH]c12. The van der Waals surface area contributed by atoms with E-state index in [0.29, 0.717) is 15.9 Å². The maximum absolute atomic E-state index is 9.35. The molecule has 0 aliphatic heterocycles. The molecule has 86 valence electrons. The predicted octanol–water partition coefficient (Wildman–Crippen LogP) is -0.745. The number of rotatable bonds is 3. The molecular formula is C8H11N5O2S. The lowest BCUT2D eigenvalue weighted by Gasteiger charge is -2.10. The van der Waals surface area contributed by atoms with Gasteiger partial charge in [-0.25, -0.2) is 4.98 Å². The Hall–Kier alpha value is -1.51. The fraction of sp³-hybridized carbons (Fsp3) is 0.375. The number of aliphatic hydroxyl groups excluding tert-OH is 2. The second-order valence-corrected chi connectivity index (χ2v) is 3.79. The fourth-order valence-electron chi connectivity index (χ4n) is 1.43. The third-order valence-corrected chi connectivity index (χ3v) is 2.38. The van der Waals surface area contributed by atoms with Crippen molar-refractivity contribution in [3.05, 3.63) is 16.6 Å². The van der Waals surface area contributed by atoms with Crippen molar-refractivity contribution in [2.24, 2.45) is 0 Å². The van der Waals surface area contributed by atoms with Crippen LogP contribution in [0.2, 0.25) is 0 Å². The Morgan fingerprint density at radius 2 is 2.31 bits per heavy atom. The second-order valence-electron chi connectivity index (χ2n) is 3.38. The summed E-state index contributed by atoms with van der Waals surface area (Å²) >= 11 is 4.93. The van der Waals surface area contributed by atoms with Crippen LogP contribution in [-0.4, -0.2) is 42.4 Å². The predicted molar refractivity (Wildman–Crippen MR) is 58.2 cm³/mol. The maximum atomic E-state index is 9.35. The highest BCUT2D eigenvalue weighted by Crippen LogP contribution is 2.04. The van der Waals surface area contributed by atoms with Crippen LogP contribution in [0.4, 0.5) is 0 Å². The third-order valence-electron chi connectivity index (χ3n) is 2.18. The summed E-state index contributed by atoms with van der Waals surface area (Å²) in [4.78, 5) is 9.52. The van der Waals surface area contributed by atoms with E-state index in [2.05, 4.69) is 15.0 Å². The largest absolute Gasteiger partial charge is 0.394 e. The molecule has 0 saturated heterocycles. The van der Waals surface area contributed by atoms with Crippen molar-refractivity contribution in [3.63, 3.8) is 0 Å². The summed E-state index contributed by atoms with van der Waals surface area (Å²) in [5, 5.41) is 25.7. The Balaban J connectivity index is 2.58. The lowest BCUT2D eigenvalue weighted by atomic mass is 10.3. The highest BCUT2D eigenvalue weighted by molar-refractivity contribution is 7.71. The molecule has 0 fully saturated rings. The average Bonchev–Trinajstić information content (AvgIpc) is 2.65. The Morgan fingerprint density at radius 1 is 1.56 bits per heavy atom. The van der Waals surface area contributed by atoms with E-state index >= 15 is 0 Å². The molecule has 0 amide bonds. The summed E-state index contributed by atoms with van der Waals surface area (Å²) in [6.07, 6.45) is 0.548. The second kappa shape index (κ2) is 4.16. The molecule has 0 aliphatic carbocycles. The number of fused-ring (bicyclic) bond motifs is 1. The van der Waals surface area contributed by atoms with Gasteiger partial charge in [-0.3, -0.25) is 5.41 Å². The Bertz CT molecular complexity index is 613. The minimum absolute atomic E-state index is 0.0806. The van der Waals surface area contributed by atoms with Gasteiger partial charge in [0.25, 0.3) is 0 Å². The van der Waals surface area contributed by atoms with E-state index in [1.807, 2.05) is 0 Å². The van der Waals surface area contributed by atoms with Gasteiger partial charge in [-0.05, 0) is 12.2 Å². The zero-order chi connectivity index (χ0) is 11.7. The molecule has 2 aromatic heterocycles. The van der Waals surface area contributed by atoms with Gasteiger partial charge in [0, 0.05) is 0 Å². The zero-order valence-electron chi connectivity index (χ0n) is 8.27. The molecule has 2 aromatic rings. The standard InChI is InChI=1S/C8H11N5O2S/c9-6-5-7(12-8(16)11-5)13(3-10-6)1-4(15)2-14/h3-4,9,14-15H,1-2H2,(H2,11,12,16)/t4-/m1/s1. The van der Waals surface area contributed by atoms with E-state index in [4.69, 9.17) is 22.7 Å². The summed E-state index contributed by atoms with van der Waals surface area (Å²) in [5.41, 5.74) is 1.15. The third kappa shape index (κ3) is 1.90. The van der Waals surface area contributed by atoms with E-state index in [9.17, 15) is 5.11 Å². The number of nitrogens with zero attached hydrogens (tertiary/aromatic N) is 2. The molecule has 2 heterocycles. The average molecular weight is 241 g/mol. The maximum Gasteiger partial charge on any atom is 0.176 e. The van der Waals surface area contributed by atoms with Gasteiger partial charge in [-0.1, -0.05) is 0 Å². The number of H-pyrrole nitrogens is 2. The minimum Gasteiger partial charge on any atom is -0.394 e. The van der Waals surface area contributed by atoms with E-state index in [1.54, 1.807) is 4.57 Å². The molecule has 0 saturated carbocycles. The van der Waals surface area contributed by atoms with E-state index in [-0.39, 0.29) is 18.6 Å². The zero-order valence-corrected chi connectivity index (χ0v) is 9.08. The molecule has 7 nitrogen and oxygen atoms in total. The van der Waals surface area contributed by atoms with Crippen LogP contribution in [0, 0.1) is 10.2 Å². The lowest BCUT2D eigenvalue weighted by Crippen LogP contribution is -2.22. The molecule has 0 spiro atoms. The molecule has 1 atom stereocenters.